The van der Waals surface area contributed by atoms with Crippen molar-refractivity contribution >= 4 is 17.3 Å². The van der Waals surface area contributed by atoms with E-state index in [1.165, 1.54) is 0 Å². The summed E-state index contributed by atoms with van der Waals surface area (Å²) in [6.45, 7) is 8.31. The maximum Gasteiger partial charge on any atom is 0.191 e. The molecule has 7 heteroatoms. The SMILES string of the molecule is CCNC(=NCc1ccc(OC)cc1OC)NCc1csc(C(C)C)n1. The summed E-state index contributed by atoms with van der Waals surface area (Å²) in [6.07, 6.45) is 0. The van der Waals surface area contributed by atoms with E-state index in [-0.39, 0.29) is 0 Å². The molecule has 2 N–H and O–H groups in total. The van der Waals surface area contributed by atoms with Gasteiger partial charge in [0.15, 0.2) is 5.96 Å². The van der Waals surface area contributed by atoms with Gasteiger partial charge in [-0.3, -0.25) is 0 Å². The maximum absolute atomic E-state index is 5.44. The molecule has 26 heavy (non-hydrogen) atoms. The molecule has 0 aliphatic heterocycles. The van der Waals surface area contributed by atoms with Crippen molar-refractivity contribution < 1.29 is 9.47 Å². The summed E-state index contributed by atoms with van der Waals surface area (Å²) >= 11 is 1.70. The standard InChI is InChI=1S/C19H28N4O2S/c1-6-20-19(22-11-15-12-26-18(23-15)13(2)3)21-10-14-7-8-16(24-4)9-17(14)25-5/h7-9,12-13H,6,10-11H2,1-5H3,(H2,20,21,22). The molecule has 0 bridgehead atoms. The summed E-state index contributed by atoms with van der Waals surface area (Å²) in [4.78, 5) is 9.30. The van der Waals surface area contributed by atoms with E-state index in [0.717, 1.165) is 40.3 Å². The number of methoxy groups -OCH3 is 2. The van der Waals surface area contributed by atoms with Crippen LogP contribution in [0.5, 0.6) is 11.5 Å². The number of hydrogen-bond donors (Lipinski definition) is 2. The minimum Gasteiger partial charge on any atom is -0.497 e. The number of hydrogen-bond acceptors (Lipinski definition) is 5. The van der Waals surface area contributed by atoms with Gasteiger partial charge in [-0.1, -0.05) is 13.8 Å². The molecule has 0 radical (unpaired) electrons. The highest BCUT2D eigenvalue weighted by molar-refractivity contribution is 7.09. The van der Waals surface area contributed by atoms with Crippen molar-refractivity contribution in [2.45, 2.75) is 39.8 Å². The number of nitrogens with zero attached hydrogens (tertiary/aromatic N) is 2. The van der Waals surface area contributed by atoms with Crippen molar-refractivity contribution in [2.75, 3.05) is 20.8 Å². The molecular weight excluding hydrogens is 348 g/mol. The number of ether oxygens (including phenoxy) is 2. The quantitative estimate of drug-likeness (QED) is 0.545. The highest BCUT2D eigenvalue weighted by Crippen LogP contribution is 2.25. The third-order valence-corrected chi connectivity index (χ3v) is 4.94. The van der Waals surface area contributed by atoms with Gasteiger partial charge < -0.3 is 20.1 Å². The second kappa shape index (κ2) is 10.0. The molecule has 0 fully saturated rings. The maximum atomic E-state index is 5.44. The van der Waals surface area contributed by atoms with E-state index in [4.69, 9.17) is 9.47 Å². The lowest BCUT2D eigenvalue weighted by Gasteiger charge is -2.12. The van der Waals surface area contributed by atoms with Gasteiger partial charge >= 0.3 is 0 Å². The first-order chi connectivity index (χ1) is 12.6. The van der Waals surface area contributed by atoms with Gasteiger partial charge in [-0.05, 0) is 19.1 Å². The molecule has 0 unspecified atom stereocenters. The van der Waals surface area contributed by atoms with E-state index in [9.17, 15) is 0 Å². The number of aliphatic imine (C=N–C) groups is 1. The van der Waals surface area contributed by atoms with Crippen LogP contribution >= 0.6 is 11.3 Å². The second-order valence-electron chi connectivity index (χ2n) is 6.06. The van der Waals surface area contributed by atoms with Gasteiger partial charge in [0.1, 0.15) is 11.5 Å². The predicted molar refractivity (Wildman–Crippen MR) is 107 cm³/mol. The van der Waals surface area contributed by atoms with Crippen molar-refractivity contribution in [3.63, 3.8) is 0 Å². The van der Waals surface area contributed by atoms with Crippen LogP contribution in [0.1, 0.15) is 43.0 Å². The minimum absolute atomic E-state index is 0.457. The lowest BCUT2D eigenvalue weighted by atomic mass is 10.2. The van der Waals surface area contributed by atoms with Crippen LogP contribution in [0.3, 0.4) is 0 Å². The lowest BCUT2D eigenvalue weighted by Crippen LogP contribution is -2.36. The van der Waals surface area contributed by atoms with Gasteiger partial charge in [0.25, 0.3) is 0 Å². The first kappa shape index (κ1) is 20.0. The topological polar surface area (TPSA) is 67.8 Å². The highest BCUT2D eigenvalue weighted by atomic mass is 32.1. The monoisotopic (exact) mass is 376 g/mol. The molecule has 0 saturated heterocycles. The summed E-state index contributed by atoms with van der Waals surface area (Å²) in [5, 5.41) is 9.85. The molecule has 2 rings (SSSR count). The summed E-state index contributed by atoms with van der Waals surface area (Å²) in [6, 6.07) is 5.75. The zero-order valence-corrected chi connectivity index (χ0v) is 16.9. The Labute approximate surface area is 159 Å². The van der Waals surface area contributed by atoms with Gasteiger partial charge in [-0.25, -0.2) is 9.98 Å². The van der Waals surface area contributed by atoms with Crippen LogP contribution in [0.2, 0.25) is 0 Å². The zero-order chi connectivity index (χ0) is 18.9. The summed E-state index contributed by atoms with van der Waals surface area (Å²) in [7, 11) is 3.29. The van der Waals surface area contributed by atoms with E-state index in [2.05, 4.69) is 39.8 Å². The molecule has 2 aromatic rings. The summed E-state index contributed by atoms with van der Waals surface area (Å²) < 4.78 is 10.7. The highest BCUT2D eigenvalue weighted by Gasteiger charge is 2.08. The van der Waals surface area contributed by atoms with Crippen molar-refractivity contribution in [1.29, 1.82) is 0 Å². The van der Waals surface area contributed by atoms with Crippen molar-refractivity contribution in [3.8, 4) is 11.5 Å². The fourth-order valence-electron chi connectivity index (χ4n) is 2.33. The van der Waals surface area contributed by atoms with E-state index in [0.29, 0.717) is 19.0 Å². The first-order valence-corrected chi connectivity index (χ1v) is 9.62. The number of rotatable bonds is 8. The van der Waals surface area contributed by atoms with Crippen LogP contribution in [0.25, 0.3) is 0 Å². The van der Waals surface area contributed by atoms with Crippen LogP contribution < -0.4 is 20.1 Å². The van der Waals surface area contributed by atoms with E-state index < -0.39 is 0 Å². The van der Waals surface area contributed by atoms with Gasteiger partial charge in [-0.15, -0.1) is 11.3 Å². The zero-order valence-electron chi connectivity index (χ0n) is 16.1. The molecule has 0 amide bonds. The Hall–Kier alpha value is -2.28. The number of thiazole rings is 1. The predicted octanol–water partition coefficient (Wildman–Crippen LogP) is 3.54. The second-order valence-corrected chi connectivity index (χ2v) is 6.95. The smallest absolute Gasteiger partial charge is 0.191 e. The van der Waals surface area contributed by atoms with Gasteiger partial charge in [0.2, 0.25) is 0 Å². The van der Waals surface area contributed by atoms with Crippen LogP contribution in [-0.2, 0) is 13.1 Å². The van der Waals surface area contributed by atoms with Crippen molar-refractivity contribution in [1.82, 2.24) is 15.6 Å². The Morgan fingerprint density at radius 1 is 1.23 bits per heavy atom. The first-order valence-electron chi connectivity index (χ1n) is 8.74. The number of nitrogens with one attached hydrogen (secondary N) is 2. The van der Waals surface area contributed by atoms with Gasteiger partial charge in [0, 0.05) is 29.5 Å². The molecule has 0 saturated carbocycles. The van der Waals surface area contributed by atoms with Gasteiger partial charge in [-0.2, -0.15) is 0 Å². The Kier molecular flexibility index (Phi) is 7.72. The third kappa shape index (κ3) is 5.62. The summed E-state index contributed by atoms with van der Waals surface area (Å²) in [5.74, 6) is 2.75. The normalized spacial score (nSPS) is 11.5. The number of guanidine groups is 1. The molecule has 0 aliphatic rings. The van der Waals surface area contributed by atoms with Crippen LogP contribution in [0.15, 0.2) is 28.6 Å². The van der Waals surface area contributed by atoms with Gasteiger partial charge in [0.05, 0.1) is 38.0 Å². The molecule has 142 valence electrons. The fraction of sp³-hybridized carbons (Fsp3) is 0.474. The summed E-state index contributed by atoms with van der Waals surface area (Å²) in [5.41, 5.74) is 2.03. The molecular formula is C19H28N4O2S. The van der Waals surface area contributed by atoms with Crippen molar-refractivity contribution in [2.24, 2.45) is 4.99 Å². The Morgan fingerprint density at radius 3 is 2.65 bits per heavy atom. The minimum atomic E-state index is 0.457. The Balaban J connectivity index is 2.03. The largest absolute Gasteiger partial charge is 0.497 e. The molecule has 0 atom stereocenters. The fourth-order valence-corrected chi connectivity index (χ4v) is 3.17. The van der Waals surface area contributed by atoms with Crippen molar-refractivity contribution in [3.05, 3.63) is 39.8 Å². The van der Waals surface area contributed by atoms with Crippen LogP contribution in [-0.4, -0.2) is 31.7 Å². The molecule has 0 aliphatic carbocycles. The van der Waals surface area contributed by atoms with E-state index in [1.54, 1.807) is 25.6 Å². The van der Waals surface area contributed by atoms with E-state index in [1.807, 2.05) is 25.1 Å². The number of benzene rings is 1. The number of aromatic nitrogens is 1. The average Bonchev–Trinajstić information content (AvgIpc) is 3.13. The average molecular weight is 377 g/mol. The molecule has 1 aromatic heterocycles. The third-order valence-electron chi connectivity index (χ3n) is 3.75. The molecule has 1 aromatic carbocycles. The molecule has 1 heterocycles. The Bertz CT molecular complexity index is 728. The van der Waals surface area contributed by atoms with E-state index >= 15 is 0 Å². The molecule has 0 spiro atoms. The Morgan fingerprint density at radius 2 is 2.04 bits per heavy atom. The molecule has 6 nitrogen and oxygen atoms in total. The van der Waals surface area contributed by atoms with Crippen LogP contribution in [0, 0.1) is 0 Å². The lowest BCUT2D eigenvalue weighted by molar-refractivity contribution is 0.391. The van der Waals surface area contributed by atoms with Crippen LogP contribution in [0.4, 0.5) is 0 Å².